The van der Waals surface area contributed by atoms with Crippen LogP contribution in [0.15, 0.2) is 24.4 Å². The number of rotatable bonds is 3. The van der Waals surface area contributed by atoms with Crippen LogP contribution in [-0.2, 0) is 0 Å². The van der Waals surface area contributed by atoms with E-state index in [9.17, 15) is 4.79 Å². The van der Waals surface area contributed by atoms with Gasteiger partial charge in [0.2, 0.25) is 0 Å². The van der Waals surface area contributed by atoms with Gasteiger partial charge in [0.15, 0.2) is 0 Å². The molecule has 0 atom stereocenters. The zero-order valence-corrected chi connectivity index (χ0v) is 13.6. The zero-order valence-electron chi connectivity index (χ0n) is 11.3. The highest BCUT2D eigenvalue weighted by molar-refractivity contribution is 6.42. The number of hydrogen-bond donors (Lipinski definition) is 2. The van der Waals surface area contributed by atoms with E-state index in [2.05, 4.69) is 15.6 Å². The average Bonchev–Trinajstić information content (AvgIpc) is 2.42. The lowest BCUT2D eigenvalue weighted by Gasteiger charge is -2.12. The number of benzene rings is 1. The molecular formula is C14H12Cl3N3O. The second kappa shape index (κ2) is 6.52. The highest BCUT2D eigenvalue weighted by Crippen LogP contribution is 2.34. The highest BCUT2D eigenvalue weighted by atomic mass is 35.5. The van der Waals surface area contributed by atoms with E-state index in [1.54, 1.807) is 13.1 Å². The monoisotopic (exact) mass is 343 g/mol. The lowest BCUT2D eigenvalue weighted by atomic mass is 10.2. The molecule has 1 aromatic heterocycles. The van der Waals surface area contributed by atoms with Gasteiger partial charge in [0.25, 0.3) is 5.91 Å². The van der Waals surface area contributed by atoms with E-state index in [0.717, 1.165) is 5.69 Å². The van der Waals surface area contributed by atoms with Gasteiger partial charge in [-0.25, -0.2) is 0 Å². The summed E-state index contributed by atoms with van der Waals surface area (Å²) < 4.78 is 0. The van der Waals surface area contributed by atoms with Crippen LogP contribution in [0.4, 0.5) is 11.4 Å². The fourth-order valence-electron chi connectivity index (χ4n) is 1.79. The topological polar surface area (TPSA) is 54.0 Å². The van der Waals surface area contributed by atoms with Crippen LogP contribution < -0.4 is 10.6 Å². The molecule has 4 nitrogen and oxygen atoms in total. The van der Waals surface area contributed by atoms with Gasteiger partial charge in [-0.15, -0.1) is 0 Å². The number of carbonyl (C=O) groups is 1. The number of halogens is 3. The Hall–Kier alpha value is -1.49. The number of nitrogens with zero attached hydrogens (tertiary/aromatic N) is 1. The first kappa shape index (κ1) is 15.9. The van der Waals surface area contributed by atoms with Crippen molar-refractivity contribution in [3.63, 3.8) is 0 Å². The Morgan fingerprint density at radius 2 is 1.76 bits per heavy atom. The molecule has 0 aliphatic heterocycles. The molecule has 0 radical (unpaired) electrons. The third-order valence-electron chi connectivity index (χ3n) is 2.80. The standard InChI is InChI=1S/C14H12Cl3N3O/c1-7-3-12(18-2)9(6-19-7)14(21)20-13-10(16)4-8(15)5-11(13)17/h3-6H,1-2H3,(H,18,19)(H,20,21). The van der Waals surface area contributed by atoms with Gasteiger partial charge in [0, 0.05) is 24.0 Å². The molecule has 0 aliphatic carbocycles. The van der Waals surface area contributed by atoms with Gasteiger partial charge in [-0.1, -0.05) is 34.8 Å². The Bertz CT molecular complexity index is 681. The SMILES string of the molecule is CNc1cc(C)ncc1C(=O)Nc1c(Cl)cc(Cl)cc1Cl. The highest BCUT2D eigenvalue weighted by Gasteiger charge is 2.16. The molecule has 2 N–H and O–H groups in total. The van der Waals surface area contributed by atoms with Crippen molar-refractivity contribution in [1.82, 2.24) is 4.98 Å². The van der Waals surface area contributed by atoms with Crippen LogP contribution in [-0.4, -0.2) is 17.9 Å². The van der Waals surface area contributed by atoms with Crippen molar-refractivity contribution in [3.05, 3.63) is 50.7 Å². The summed E-state index contributed by atoms with van der Waals surface area (Å²) in [6.45, 7) is 1.84. The second-order valence-electron chi connectivity index (χ2n) is 4.32. The van der Waals surface area contributed by atoms with Crippen LogP contribution in [0.1, 0.15) is 16.1 Å². The third kappa shape index (κ3) is 3.59. The lowest BCUT2D eigenvalue weighted by Crippen LogP contribution is -2.15. The van der Waals surface area contributed by atoms with Gasteiger partial charge in [-0.3, -0.25) is 9.78 Å². The van der Waals surface area contributed by atoms with Gasteiger partial charge >= 0.3 is 0 Å². The number of aromatic nitrogens is 1. The second-order valence-corrected chi connectivity index (χ2v) is 5.57. The first-order valence-electron chi connectivity index (χ1n) is 6.02. The molecule has 2 aromatic rings. The maximum Gasteiger partial charge on any atom is 0.259 e. The summed E-state index contributed by atoms with van der Waals surface area (Å²) >= 11 is 17.9. The van der Waals surface area contributed by atoms with Crippen molar-refractivity contribution in [2.24, 2.45) is 0 Å². The van der Waals surface area contributed by atoms with Crippen molar-refractivity contribution < 1.29 is 4.79 Å². The van der Waals surface area contributed by atoms with E-state index < -0.39 is 0 Å². The molecule has 0 spiro atoms. The molecule has 21 heavy (non-hydrogen) atoms. The van der Waals surface area contributed by atoms with Gasteiger partial charge in [-0.2, -0.15) is 0 Å². The first-order valence-corrected chi connectivity index (χ1v) is 7.16. The van der Waals surface area contributed by atoms with E-state index in [4.69, 9.17) is 34.8 Å². The van der Waals surface area contributed by atoms with Crippen molar-refractivity contribution >= 4 is 52.1 Å². The summed E-state index contributed by atoms with van der Waals surface area (Å²) in [5.74, 6) is -0.363. The Kier molecular flexibility index (Phi) is 4.93. The molecule has 0 fully saturated rings. The molecular weight excluding hydrogens is 333 g/mol. The van der Waals surface area contributed by atoms with E-state index in [0.29, 0.717) is 22.0 Å². The minimum absolute atomic E-state index is 0.270. The molecule has 0 saturated carbocycles. The number of hydrogen-bond acceptors (Lipinski definition) is 3. The maximum absolute atomic E-state index is 12.4. The van der Waals surface area contributed by atoms with Crippen molar-refractivity contribution in [2.45, 2.75) is 6.92 Å². The summed E-state index contributed by atoms with van der Waals surface area (Å²) in [7, 11) is 1.73. The summed E-state index contributed by atoms with van der Waals surface area (Å²) in [5.41, 5.74) is 2.18. The van der Waals surface area contributed by atoms with Crippen molar-refractivity contribution in [3.8, 4) is 0 Å². The third-order valence-corrected chi connectivity index (χ3v) is 3.61. The molecule has 0 saturated heterocycles. The predicted molar refractivity (Wildman–Crippen MR) is 87.9 cm³/mol. The molecule has 7 heteroatoms. The lowest BCUT2D eigenvalue weighted by molar-refractivity contribution is 0.102. The van der Waals surface area contributed by atoms with Crippen LogP contribution in [0.25, 0.3) is 0 Å². The molecule has 0 bridgehead atoms. The van der Waals surface area contributed by atoms with Crippen molar-refractivity contribution in [2.75, 3.05) is 17.7 Å². The van der Waals surface area contributed by atoms with Crippen molar-refractivity contribution in [1.29, 1.82) is 0 Å². The summed E-state index contributed by atoms with van der Waals surface area (Å²) in [6.07, 6.45) is 1.49. The van der Waals surface area contributed by atoms with Gasteiger partial charge in [0.1, 0.15) is 0 Å². The Morgan fingerprint density at radius 1 is 1.14 bits per heavy atom. The number of aryl methyl sites for hydroxylation is 1. The Morgan fingerprint density at radius 3 is 2.33 bits per heavy atom. The first-order chi connectivity index (χ1) is 9.92. The smallest absolute Gasteiger partial charge is 0.259 e. The minimum Gasteiger partial charge on any atom is -0.387 e. The van der Waals surface area contributed by atoms with Crippen LogP contribution in [0.5, 0.6) is 0 Å². The minimum atomic E-state index is -0.363. The molecule has 2 rings (SSSR count). The quantitative estimate of drug-likeness (QED) is 0.852. The average molecular weight is 345 g/mol. The van der Waals surface area contributed by atoms with Crippen LogP contribution >= 0.6 is 34.8 Å². The largest absolute Gasteiger partial charge is 0.387 e. The number of amides is 1. The maximum atomic E-state index is 12.4. The fourth-order valence-corrected chi connectivity index (χ4v) is 2.70. The van der Waals surface area contributed by atoms with E-state index in [1.165, 1.54) is 18.3 Å². The zero-order chi connectivity index (χ0) is 15.6. The number of anilines is 2. The van der Waals surface area contributed by atoms with Gasteiger partial charge in [0.05, 0.1) is 27.0 Å². The van der Waals surface area contributed by atoms with E-state index in [1.807, 2.05) is 6.92 Å². The molecule has 1 heterocycles. The Labute approximate surface area is 137 Å². The number of nitrogens with one attached hydrogen (secondary N) is 2. The number of carbonyl (C=O) groups excluding carboxylic acids is 1. The van der Waals surface area contributed by atoms with Gasteiger partial charge < -0.3 is 10.6 Å². The summed E-state index contributed by atoms with van der Waals surface area (Å²) in [5, 5.41) is 6.57. The van der Waals surface area contributed by atoms with E-state index >= 15 is 0 Å². The van der Waals surface area contributed by atoms with Crippen LogP contribution in [0.2, 0.25) is 15.1 Å². The molecule has 110 valence electrons. The summed E-state index contributed by atoms with van der Waals surface area (Å²) in [6, 6.07) is 4.80. The normalized spacial score (nSPS) is 10.3. The van der Waals surface area contributed by atoms with Crippen LogP contribution in [0.3, 0.4) is 0 Å². The van der Waals surface area contributed by atoms with Gasteiger partial charge in [-0.05, 0) is 25.1 Å². The fraction of sp³-hybridized carbons (Fsp3) is 0.143. The molecule has 0 aliphatic rings. The molecule has 0 unspecified atom stereocenters. The Balaban J connectivity index is 2.35. The summed E-state index contributed by atoms with van der Waals surface area (Å²) in [4.78, 5) is 16.5. The molecule has 1 amide bonds. The predicted octanol–water partition coefficient (Wildman–Crippen LogP) is 4.64. The van der Waals surface area contributed by atoms with Crippen LogP contribution in [0, 0.1) is 6.92 Å². The molecule has 1 aromatic carbocycles. The van der Waals surface area contributed by atoms with E-state index in [-0.39, 0.29) is 16.0 Å². The number of pyridine rings is 1.